The summed E-state index contributed by atoms with van der Waals surface area (Å²) in [4.78, 5) is 4.28. The molecular formula is C26H25F2N5O3S. The van der Waals surface area contributed by atoms with Crippen molar-refractivity contribution in [2.75, 3.05) is 6.54 Å². The van der Waals surface area contributed by atoms with E-state index in [1.807, 2.05) is 32.0 Å². The van der Waals surface area contributed by atoms with Crippen LogP contribution in [0.1, 0.15) is 52.9 Å². The Hall–Kier alpha value is -3.44. The maximum atomic E-state index is 13.6. The van der Waals surface area contributed by atoms with Gasteiger partial charge in [0.25, 0.3) is 6.43 Å². The van der Waals surface area contributed by atoms with Crippen LogP contribution in [-0.4, -0.2) is 44.5 Å². The van der Waals surface area contributed by atoms with Crippen molar-refractivity contribution in [3.8, 4) is 5.88 Å². The van der Waals surface area contributed by atoms with Crippen molar-refractivity contribution in [1.82, 2.24) is 23.9 Å². The van der Waals surface area contributed by atoms with Crippen molar-refractivity contribution in [3.63, 3.8) is 0 Å². The number of hydrogen-bond donors (Lipinski definition) is 0. The Bertz CT molecular complexity index is 1630. The van der Waals surface area contributed by atoms with Crippen LogP contribution in [0.3, 0.4) is 0 Å². The molecule has 1 aliphatic carbocycles. The van der Waals surface area contributed by atoms with Crippen LogP contribution in [0.25, 0.3) is 5.65 Å². The highest BCUT2D eigenvalue weighted by atomic mass is 32.2. The van der Waals surface area contributed by atoms with Gasteiger partial charge >= 0.3 is 0 Å². The molecule has 0 atom stereocenters. The number of benzene rings is 1. The Morgan fingerprint density at radius 1 is 1.11 bits per heavy atom. The summed E-state index contributed by atoms with van der Waals surface area (Å²) in [5, 5.41) is 7.59. The topological polar surface area (TPSA) is 89.7 Å². The average Bonchev–Trinajstić information content (AvgIpc) is 3.48. The summed E-state index contributed by atoms with van der Waals surface area (Å²) < 4.78 is 62.5. The van der Waals surface area contributed by atoms with E-state index in [0.717, 1.165) is 40.7 Å². The monoisotopic (exact) mass is 525 g/mol. The van der Waals surface area contributed by atoms with Crippen molar-refractivity contribution < 1.29 is 21.9 Å². The van der Waals surface area contributed by atoms with Crippen LogP contribution < -0.4 is 4.74 Å². The molecular weight excluding hydrogens is 500 g/mol. The van der Waals surface area contributed by atoms with E-state index in [4.69, 9.17) is 4.74 Å². The number of hydrogen-bond acceptors (Lipinski definition) is 6. The third-order valence-corrected chi connectivity index (χ3v) is 9.06. The normalized spacial score (nSPS) is 18.1. The zero-order valence-electron chi connectivity index (χ0n) is 20.4. The lowest BCUT2D eigenvalue weighted by Gasteiger charge is -2.24. The molecule has 1 saturated carbocycles. The molecule has 4 aromatic rings. The average molecular weight is 526 g/mol. The van der Waals surface area contributed by atoms with Gasteiger partial charge in [0.1, 0.15) is 10.5 Å². The van der Waals surface area contributed by atoms with E-state index in [9.17, 15) is 17.2 Å². The quantitative estimate of drug-likeness (QED) is 0.384. The van der Waals surface area contributed by atoms with Crippen LogP contribution in [0.15, 0.2) is 53.7 Å². The first-order chi connectivity index (χ1) is 17.7. The van der Waals surface area contributed by atoms with Gasteiger partial charge in [-0.3, -0.25) is 4.40 Å². The summed E-state index contributed by atoms with van der Waals surface area (Å²) in [7, 11) is -3.81. The van der Waals surface area contributed by atoms with E-state index in [1.165, 1.54) is 14.8 Å². The number of aromatic nitrogens is 4. The number of rotatable bonds is 5. The molecule has 1 fully saturated rings. The molecule has 1 aromatic carbocycles. The Morgan fingerprint density at radius 2 is 1.92 bits per heavy atom. The molecule has 0 N–H and O–H groups in total. The van der Waals surface area contributed by atoms with Crippen molar-refractivity contribution in [2.24, 2.45) is 0 Å². The van der Waals surface area contributed by atoms with Crippen molar-refractivity contribution in [1.29, 1.82) is 0 Å². The number of sulfonamides is 1. The molecule has 192 valence electrons. The maximum Gasteiger partial charge on any atom is 0.297 e. The van der Waals surface area contributed by atoms with E-state index in [-0.39, 0.29) is 29.7 Å². The number of fused-ring (bicyclic) bond motifs is 2. The van der Waals surface area contributed by atoms with Crippen LogP contribution in [-0.2, 0) is 23.0 Å². The number of pyridine rings is 2. The Balaban J connectivity index is 1.31. The molecule has 6 rings (SSSR count). The Kier molecular flexibility index (Phi) is 5.53. The van der Waals surface area contributed by atoms with Crippen LogP contribution in [0.4, 0.5) is 8.78 Å². The highest BCUT2D eigenvalue weighted by Gasteiger charge is 2.52. The fourth-order valence-electron chi connectivity index (χ4n) is 4.87. The van der Waals surface area contributed by atoms with Gasteiger partial charge in [0.15, 0.2) is 5.65 Å². The van der Waals surface area contributed by atoms with Crippen molar-refractivity contribution >= 4 is 15.7 Å². The van der Waals surface area contributed by atoms with Gasteiger partial charge < -0.3 is 4.74 Å². The third kappa shape index (κ3) is 4.15. The summed E-state index contributed by atoms with van der Waals surface area (Å²) >= 11 is 0. The number of halogens is 2. The van der Waals surface area contributed by atoms with Gasteiger partial charge in [-0.05, 0) is 79.1 Å². The molecule has 0 radical (unpaired) electrons. The molecule has 4 heterocycles. The summed E-state index contributed by atoms with van der Waals surface area (Å²) in [6.07, 6.45) is 2.51. The number of aryl methyl sites for hydroxylation is 2. The summed E-state index contributed by atoms with van der Waals surface area (Å²) in [5.41, 5.74) is 4.43. The molecule has 3 aromatic heterocycles. The smallest absolute Gasteiger partial charge is 0.297 e. The zero-order chi connectivity index (χ0) is 25.9. The lowest BCUT2D eigenvalue weighted by atomic mass is 9.98. The predicted octanol–water partition coefficient (Wildman–Crippen LogP) is 4.39. The van der Waals surface area contributed by atoms with Crippen LogP contribution >= 0.6 is 0 Å². The molecule has 0 unspecified atom stereocenters. The van der Waals surface area contributed by atoms with Gasteiger partial charge in [-0.25, -0.2) is 22.2 Å². The van der Waals surface area contributed by atoms with E-state index in [2.05, 4.69) is 15.2 Å². The molecule has 37 heavy (non-hydrogen) atoms. The number of nitrogens with zero attached hydrogens (tertiary/aromatic N) is 5. The lowest BCUT2D eigenvalue weighted by molar-refractivity contribution is 0.139. The summed E-state index contributed by atoms with van der Waals surface area (Å²) in [6, 6.07) is 10.9. The minimum atomic E-state index is -3.81. The van der Waals surface area contributed by atoms with Crippen molar-refractivity contribution in [2.45, 2.75) is 56.6 Å². The van der Waals surface area contributed by atoms with Crippen molar-refractivity contribution in [3.05, 3.63) is 82.4 Å². The molecule has 8 nitrogen and oxygen atoms in total. The molecule has 0 bridgehead atoms. The zero-order valence-corrected chi connectivity index (χ0v) is 21.2. The van der Waals surface area contributed by atoms with Gasteiger partial charge in [-0.1, -0.05) is 18.2 Å². The van der Waals surface area contributed by atoms with Gasteiger partial charge in [-0.2, -0.15) is 4.31 Å². The van der Waals surface area contributed by atoms with Gasteiger partial charge in [0.2, 0.25) is 21.7 Å². The molecule has 1 spiro atoms. The second-order valence-corrected chi connectivity index (χ2v) is 11.7. The predicted molar refractivity (Wildman–Crippen MR) is 131 cm³/mol. The highest BCUT2D eigenvalue weighted by molar-refractivity contribution is 7.89. The molecule has 0 saturated heterocycles. The molecule has 2 aliphatic rings. The fraction of sp³-hybridized carbons (Fsp3) is 0.346. The van der Waals surface area contributed by atoms with Gasteiger partial charge in [0, 0.05) is 18.9 Å². The minimum Gasteiger partial charge on any atom is -0.469 e. The molecule has 0 amide bonds. The fourth-order valence-corrected chi connectivity index (χ4v) is 6.42. The SMILES string of the molecule is Cc1ccc(Cc2ccn3c(C(F)F)nnc3c2C)cc1CN1CC2(CC2)Oc2ncccc2S1(=O)=O. The lowest BCUT2D eigenvalue weighted by Crippen LogP contribution is -2.38. The second kappa shape index (κ2) is 8.56. The molecule has 1 aliphatic heterocycles. The summed E-state index contributed by atoms with van der Waals surface area (Å²) in [5.74, 6) is -0.211. The van der Waals surface area contributed by atoms with Crippen LogP contribution in [0.2, 0.25) is 0 Å². The third-order valence-electron chi connectivity index (χ3n) is 7.25. The van der Waals surface area contributed by atoms with Crippen LogP contribution in [0, 0.1) is 13.8 Å². The maximum absolute atomic E-state index is 13.6. The second-order valence-electron chi connectivity index (χ2n) is 9.82. The van der Waals surface area contributed by atoms with E-state index >= 15 is 0 Å². The largest absolute Gasteiger partial charge is 0.469 e. The highest BCUT2D eigenvalue weighted by Crippen LogP contribution is 2.45. The molecule has 11 heteroatoms. The van der Waals surface area contributed by atoms with Gasteiger partial charge in [0.05, 0.1) is 6.54 Å². The number of ether oxygens (including phenoxy) is 1. The first-order valence-electron chi connectivity index (χ1n) is 12.0. The number of alkyl halides is 2. The minimum absolute atomic E-state index is 0.0907. The standard InChI is InChI=1S/C26H25F2N5O3S/c1-16-5-6-18(12-19-7-11-33-23(17(19)2)30-31-24(33)22(27)28)13-20(16)14-32-15-26(8-9-26)36-25-21(37(32,34)35)4-3-10-29-25/h3-7,10-11,13,22H,8-9,12,14-15H2,1-2H3. The first kappa shape index (κ1) is 23.9. The summed E-state index contributed by atoms with van der Waals surface area (Å²) in [6.45, 7) is 4.28. The van der Waals surface area contributed by atoms with E-state index in [1.54, 1.807) is 24.5 Å². The van der Waals surface area contributed by atoms with E-state index < -0.39 is 22.0 Å². The van der Waals surface area contributed by atoms with Gasteiger partial charge in [-0.15, -0.1) is 10.2 Å². The Labute approximate surface area is 213 Å². The van der Waals surface area contributed by atoms with E-state index in [0.29, 0.717) is 12.1 Å². The Morgan fingerprint density at radius 3 is 2.68 bits per heavy atom. The first-order valence-corrected chi connectivity index (χ1v) is 13.4. The van der Waals surface area contributed by atoms with Crippen LogP contribution in [0.5, 0.6) is 5.88 Å².